The average molecular weight is 414 g/mol. The summed E-state index contributed by atoms with van der Waals surface area (Å²) in [6, 6.07) is 7.15. The zero-order chi connectivity index (χ0) is 20.5. The summed E-state index contributed by atoms with van der Waals surface area (Å²) in [4.78, 5) is 25.8. The molecule has 0 bridgehead atoms. The molecule has 2 heterocycles. The third-order valence-electron chi connectivity index (χ3n) is 4.16. The molecule has 6 nitrogen and oxygen atoms in total. The number of carbonyl (C=O) groups excluding carboxylic acids is 1. The molecule has 2 aromatic carbocycles. The van der Waals surface area contributed by atoms with E-state index in [2.05, 4.69) is 10.2 Å². The maximum Gasteiger partial charge on any atom is 0.212 e. The summed E-state index contributed by atoms with van der Waals surface area (Å²) >= 11 is 5.95. The smallest absolute Gasteiger partial charge is 0.212 e. The molecule has 0 radical (unpaired) electrons. The summed E-state index contributed by atoms with van der Waals surface area (Å²) in [6.45, 7) is 0. The number of nitrogens with zero attached hydrogens (tertiary/aromatic N) is 3. The molecule has 4 rings (SSSR count). The van der Waals surface area contributed by atoms with Crippen molar-refractivity contribution in [2.24, 2.45) is 0 Å². The predicted octanol–water partition coefficient (Wildman–Crippen LogP) is 4.20. The second kappa shape index (κ2) is 7.40. The molecule has 9 heteroatoms. The van der Waals surface area contributed by atoms with Gasteiger partial charge >= 0.3 is 0 Å². The molecule has 0 spiro atoms. The van der Waals surface area contributed by atoms with Crippen molar-refractivity contribution in [1.82, 2.24) is 14.8 Å². The maximum absolute atomic E-state index is 14.2. The Hall–Kier alpha value is -3.65. The minimum absolute atomic E-state index is 0.0272. The number of Topliss-reactive ketones (excluding diaryl/α,β-unsaturated/α-hetero) is 1. The number of carbonyl (C=O) groups is 1. The second-order valence-corrected chi connectivity index (χ2v) is 6.45. The molecule has 0 aliphatic rings. The van der Waals surface area contributed by atoms with Crippen molar-refractivity contribution in [1.29, 1.82) is 0 Å². The molecule has 0 atom stereocenters. The van der Waals surface area contributed by atoms with Gasteiger partial charge in [0.15, 0.2) is 5.43 Å². The fraction of sp³-hybridized carbons (Fsp3) is 0. The number of ketones is 1. The van der Waals surface area contributed by atoms with E-state index in [1.54, 1.807) is 12.1 Å². The van der Waals surface area contributed by atoms with E-state index in [1.807, 2.05) is 0 Å². The SMILES string of the molecule is O=C(/C(=C/c1coc2ccc(Cl)cc2c1=O)n1cnnc1)c1ccc(F)cc1F. The molecule has 0 unspecified atom stereocenters. The first-order valence-corrected chi connectivity index (χ1v) is 8.59. The number of rotatable bonds is 4. The first kappa shape index (κ1) is 18.7. The Labute approximate surface area is 166 Å². The van der Waals surface area contributed by atoms with Crippen LogP contribution in [0.25, 0.3) is 22.7 Å². The van der Waals surface area contributed by atoms with Crippen molar-refractivity contribution in [3.8, 4) is 0 Å². The highest BCUT2D eigenvalue weighted by molar-refractivity contribution is 6.31. The lowest BCUT2D eigenvalue weighted by Gasteiger charge is -2.08. The summed E-state index contributed by atoms with van der Waals surface area (Å²) < 4.78 is 34.0. The molecule has 0 saturated carbocycles. The zero-order valence-corrected chi connectivity index (χ0v) is 15.2. The molecule has 0 amide bonds. The van der Waals surface area contributed by atoms with Crippen molar-refractivity contribution in [2.45, 2.75) is 0 Å². The number of halogens is 3. The third kappa shape index (κ3) is 3.57. The van der Waals surface area contributed by atoms with E-state index in [-0.39, 0.29) is 22.2 Å². The van der Waals surface area contributed by atoms with Crippen LogP contribution in [0.3, 0.4) is 0 Å². The molecule has 0 saturated heterocycles. The van der Waals surface area contributed by atoms with Gasteiger partial charge in [-0.1, -0.05) is 11.6 Å². The van der Waals surface area contributed by atoms with Gasteiger partial charge in [-0.15, -0.1) is 10.2 Å². The van der Waals surface area contributed by atoms with Gasteiger partial charge < -0.3 is 4.42 Å². The lowest BCUT2D eigenvalue weighted by Crippen LogP contribution is -2.12. The van der Waals surface area contributed by atoms with Crippen LogP contribution in [-0.2, 0) is 0 Å². The summed E-state index contributed by atoms with van der Waals surface area (Å²) in [7, 11) is 0. The highest BCUT2D eigenvalue weighted by atomic mass is 35.5. The largest absolute Gasteiger partial charge is 0.463 e. The van der Waals surface area contributed by atoms with Crippen LogP contribution in [0, 0.1) is 11.6 Å². The average Bonchev–Trinajstić information content (AvgIpc) is 3.22. The van der Waals surface area contributed by atoms with Crippen molar-refractivity contribution < 1.29 is 18.0 Å². The number of allylic oxidation sites excluding steroid dienone is 1. The molecular formula is C20H10ClF2N3O3. The Kier molecular flexibility index (Phi) is 4.77. The van der Waals surface area contributed by atoms with E-state index in [1.165, 1.54) is 35.6 Å². The van der Waals surface area contributed by atoms with E-state index in [0.717, 1.165) is 12.1 Å². The van der Waals surface area contributed by atoms with Crippen LogP contribution in [0.2, 0.25) is 5.02 Å². The summed E-state index contributed by atoms with van der Waals surface area (Å²) in [5, 5.41) is 7.82. The van der Waals surface area contributed by atoms with E-state index < -0.39 is 22.8 Å². The van der Waals surface area contributed by atoms with Crippen LogP contribution in [0.5, 0.6) is 0 Å². The number of benzene rings is 2. The van der Waals surface area contributed by atoms with Gasteiger partial charge in [0.05, 0.1) is 22.2 Å². The molecule has 0 aliphatic carbocycles. The standard InChI is InChI=1S/C20H10ClF2N3O3/c21-12-1-4-18-15(6-12)19(27)11(8-29-18)5-17(26-9-24-25-10-26)20(28)14-3-2-13(22)7-16(14)23/h1-10H/b17-5-. The topological polar surface area (TPSA) is 78.0 Å². The molecule has 0 N–H and O–H groups in total. The van der Waals surface area contributed by atoms with E-state index in [4.69, 9.17) is 16.0 Å². The molecule has 2 aromatic heterocycles. The predicted molar refractivity (Wildman–Crippen MR) is 102 cm³/mol. The fourth-order valence-corrected chi connectivity index (χ4v) is 2.93. The van der Waals surface area contributed by atoms with Crippen LogP contribution in [0.15, 0.2) is 64.5 Å². The van der Waals surface area contributed by atoms with Gasteiger partial charge in [-0.3, -0.25) is 14.2 Å². The summed E-state index contributed by atoms with van der Waals surface area (Å²) in [5.41, 5.74) is -0.599. The monoisotopic (exact) mass is 413 g/mol. The van der Waals surface area contributed by atoms with Gasteiger partial charge in [0, 0.05) is 11.1 Å². The summed E-state index contributed by atoms with van der Waals surface area (Å²) in [6.07, 6.45) is 4.83. The minimum Gasteiger partial charge on any atom is -0.463 e. The van der Waals surface area contributed by atoms with Crippen LogP contribution in [-0.4, -0.2) is 20.5 Å². The van der Waals surface area contributed by atoms with Crippen molar-refractivity contribution in [3.63, 3.8) is 0 Å². The van der Waals surface area contributed by atoms with Crippen LogP contribution >= 0.6 is 11.6 Å². The van der Waals surface area contributed by atoms with Gasteiger partial charge in [-0.05, 0) is 36.4 Å². The Balaban J connectivity index is 1.90. The van der Waals surface area contributed by atoms with Gasteiger partial charge in [0.1, 0.15) is 36.1 Å². The maximum atomic E-state index is 14.2. The zero-order valence-electron chi connectivity index (χ0n) is 14.5. The minimum atomic E-state index is -1.04. The molecule has 144 valence electrons. The lowest BCUT2D eigenvalue weighted by molar-refractivity contribution is 0.104. The van der Waals surface area contributed by atoms with Gasteiger partial charge in [-0.2, -0.15) is 0 Å². The number of hydrogen-bond donors (Lipinski definition) is 0. The van der Waals surface area contributed by atoms with Crippen molar-refractivity contribution in [3.05, 3.63) is 93.3 Å². The van der Waals surface area contributed by atoms with Crippen LogP contribution < -0.4 is 5.43 Å². The van der Waals surface area contributed by atoms with Crippen LogP contribution in [0.1, 0.15) is 15.9 Å². The number of fused-ring (bicyclic) bond motifs is 1. The highest BCUT2D eigenvalue weighted by Crippen LogP contribution is 2.21. The third-order valence-corrected chi connectivity index (χ3v) is 4.39. The quantitative estimate of drug-likeness (QED) is 0.370. The first-order valence-electron chi connectivity index (χ1n) is 8.21. The lowest BCUT2D eigenvalue weighted by atomic mass is 10.0. The summed E-state index contributed by atoms with van der Waals surface area (Å²) in [5.74, 6) is -2.65. The van der Waals surface area contributed by atoms with Gasteiger partial charge in [-0.25, -0.2) is 8.78 Å². The second-order valence-electron chi connectivity index (χ2n) is 6.01. The molecule has 0 fully saturated rings. The van der Waals surface area contributed by atoms with Crippen LogP contribution in [0.4, 0.5) is 8.78 Å². The number of aromatic nitrogens is 3. The normalized spacial score (nSPS) is 11.8. The van der Waals surface area contributed by atoms with E-state index in [0.29, 0.717) is 16.7 Å². The highest BCUT2D eigenvalue weighted by Gasteiger charge is 2.20. The Morgan fingerprint density at radius 2 is 1.86 bits per heavy atom. The molecule has 4 aromatic rings. The molecular weight excluding hydrogens is 404 g/mol. The molecule has 29 heavy (non-hydrogen) atoms. The van der Waals surface area contributed by atoms with Gasteiger partial charge in [0.25, 0.3) is 0 Å². The first-order chi connectivity index (χ1) is 13.9. The Bertz CT molecular complexity index is 1330. The van der Waals surface area contributed by atoms with E-state index in [9.17, 15) is 18.4 Å². The Morgan fingerprint density at radius 3 is 2.59 bits per heavy atom. The van der Waals surface area contributed by atoms with Crippen molar-refractivity contribution in [2.75, 3.05) is 0 Å². The van der Waals surface area contributed by atoms with Gasteiger partial charge in [0.2, 0.25) is 5.78 Å². The van der Waals surface area contributed by atoms with E-state index >= 15 is 0 Å². The molecule has 0 aliphatic heterocycles. The van der Waals surface area contributed by atoms with Crippen molar-refractivity contribution >= 4 is 40.1 Å². The number of hydrogen-bond acceptors (Lipinski definition) is 5. The fourth-order valence-electron chi connectivity index (χ4n) is 2.76. The Morgan fingerprint density at radius 1 is 1.10 bits per heavy atom.